The second-order valence-corrected chi connectivity index (χ2v) is 7.78. The fourth-order valence-electron chi connectivity index (χ4n) is 2.64. The number of fused-ring (bicyclic) bond motifs is 1. The molecule has 1 amide bonds. The Morgan fingerprint density at radius 2 is 2.04 bits per heavy atom. The van der Waals surface area contributed by atoms with Gasteiger partial charge in [0, 0.05) is 32.9 Å². The van der Waals surface area contributed by atoms with E-state index in [0.29, 0.717) is 35.1 Å². The van der Waals surface area contributed by atoms with Crippen LogP contribution < -0.4 is 21.5 Å². The lowest BCUT2D eigenvalue weighted by atomic mass is 9.97. The van der Waals surface area contributed by atoms with Gasteiger partial charge in [0.1, 0.15) is 22.9 Å². The number of aromatic nitrogens is 4. The Hall–Kier alpha value is -3.36. The molecule has 0 aliphatic carbocycles. The quantitative estimate of drug-likeness (QED) is 0.622. The number of hydrogen-bond acceptors (Lipinski definition) is 6. The molecule has 0 radical (unpaired) electrons. The van der Waals surface area contributed by atoms with Crippen molar-refractivity contribution in [3.05, 3.63) is 46.5 Å². The summed E-state index contributed by atoms with van der Waals surface area (Å²) in [5.41, 5.74) is 0.940. The fourth-order valence-corrected chi connectivity index (χ4v) is 2.64. The van der Waals surface area contributed by atoms with E-state index in [1.165, 1.54) is 10.8 Å². The fraction of sp³-hybridized carbons (Fsp3) is 0.368. The molecule has 0 spiro atoms. The monoisotopic (exact) mass is 383 g/mol. The number of nitrogens with zero attached hydrogens (tertiary/aromatic N) is 4. The number of carbonyl (C=O) groups is 1. The summed E-state index contributed by atoms with van der Waals surface area (Å²) in [6.45, 7) is 6.66. The molecule has 3 rings (SSSR count). The maximum Gasteiger partial charge on any atom is 0.274 e. The molecule has 3 N–H and O–H groups in total. The molecule has 0 unspecified atom stereocenters. The minimum Gasteiger partial charge on any atom is -0.373 e. The second kappa shape index (κ2) is 7.34. The molecule has 0 atom stereocenters. The van der Waals surface area contributed by atoms with Crippen LogP contribution in [0.3, 0.4) is 0 Å². The van der Waals surface area contributed by atoms with Gasteiger partial charge < -0.3 is 20.5 Å². The topological polar surface area (TPSA) is 105 Å². The molecule has 3 aromatic heterocycles. The van der Waals surface area contributed by atoms with E-state index in [1.54, 1.807) is 43.0 Å². The summed E-state index contributed by atoms with van der Waals surface area (Å²) < 4.78 is 3.03. The molecule has 0 aliphatic rings. The Morgan fingerprint density at radius 1 is 1.29 bits per heavy atom. The number of rotatable bonds is 5. The van der Waals surface area contributed by atoms with E-state index in [4.69, 9.17) is 0 Å². The van der Waals surface area contributed by atoms with Crippen molar-refractivity contribution in [1.82, 2.24) is 24.5 Å². The molecular formula is C19H25N7O2. The maximum absolute atomic E-state index is 12.6. The Morgan fingerprint density at radius 3 is 2.71 bits per heavy atom. The lowest BCUT2D eigenvalue weighted by Gasteiger charge is -2.18. The van der Waals surface area contributed by atoms with Gasteiger partial charge in [-0.3, -0.25) is 9.59 Å². The van der Waals surface area contributed by atoms with Crippen LogP contribution in [0.2, 0.25) is 0 Å². The van der Waals surface area contributed by atoms with E-state index >= 15 is 0 Å². The summed E-state index contributed by atoms with van der Waals surface area (Å²) in [6, 6.07) is 5.18. The third-order valence-electron chi connectivity index (χ3n) is 4.14. The molecule has 28 heavy (non-hydrogen) atoms. The van der Waals surface area contributed by atoms with E-state index in [1.807, 2.05) is 20.8 Å². The maximum atomic E-state index is 12.6. The normalized spacial score (nSPS) is 11.5. The van der Waals surface area contributed by atoms with Gasteiger partial charge in [0.25, 0.3) is 11.5 Å². The largest absolute Gasteiger partial charge is 0.373 e. The van der Waals surface area contributed by atoms with Crippen molar-refractivity contribution in [2.45, 2.75) is 20.8 Å². The number of hydrogen-bond donors (Lipinski definition) is 3. The Balaban J connectivity index is 2.00. The van der Waals surface area contributed by atoms with Gasteiger partial charge in [0.15, 0.2) is 5.65 Å². The number of pyridine rings is 1. The minimum atomic E-state index is -0.243. The van der Waals surface area contributed by atoms with Crippen LogP contribution in [0.5, 0.6) is 0 Å². The van der Waals surface area contributed by atoms with Crippen molar-refractivity contribution < 1.29 is 4.79 Å². The van der Waals surface area contributed by atoms with Gasteiger partial charge in [-0.15, -0.1) is 0 Å². The molecular weight excluding hydrogens is 358 g/mol. The summed E-state index contributed by atoms with van der Waals surface area (Å²) in [5.74, 6) is 0.827. The van der Waals surface area contributed by atoms with E-state index in [9.17, 15) is 9.59 Å². The van der Waals surface area contributed by atoms with E-state index in [2.05, 4.69) is 26.0 Å². The first-order valence-electron chi connectivity index (χ1n) is 8.97. The lowest BCUT2D eigenvalue weighted by molar-refractivity contribution is 0.0941. The standard InChI is InChI=1S/C19H25N7O2/c1-19(2,3)11-21-17(27)12-10-22-26-15(20-4)9-14(24-16(12)26)23-13-7-6-8-25(5)18(13)28/h6-10,20H,11H2,1-5H3,(H,21,27)(H,23,24). The Bertz CT molecular complexity index is 1080. The number of amides is 1. The van der Waals surface area contributed by atoms with E-state index in [0.717, 1.165) is 0 Å². The van der Waals surface area contributed by atoms with Crippen molar-refractivity contribution in [3.8, 4) is 0 Å². The van der Waals surface area contributed by atoms with Gasteiger partial charge in [-0.05, 0) is 17.5 Å². The zero-order valence-electron chi connectivity index (χ0n) is 16.7. The SMILES string of the molecule is CNc1cc(Nc2cccn(C)c2=O)nc2c(C(=O)NCC(C)(C)C)cnn12. The summed E-state index contributed by atoms with van der Waals surface area (Å²) in [6.07, 6.45) is 3.17. The van der Waals surface area contributed by atoms with Gasteiger partial charge >= 0.3 is 0 Å². The number of carbonyl (C=O) groups excluding carboxylic acids is 1. The highest BCUT2D eigenvalue weighted by molar-refractivity contribution is 6.00. The van der Waals surface area contributed by atoms with Crippen LogP contribution in [0.4, 0.5) is 17.3 Å². The first-order chi connectivity index (χ1) is 13.2. The van der Waals surface area contributed by atoms with Crippen molar-refractivity contribution in [3.63, 3.8) is 0 Å². The van der Waals surface area contributed by atoms with Crippen LogP contribution in [-0.2, 0) is 7.05 Å². The van der Waals surface area contributed by atoms with Crippen LogP contribution in [0.1, 0.15) is 31.1 Å². The van der Waals surface area contributed by atoms with Crippen LogP contribution in [0.15, 0.2) is 35.4 Å². The molecule has 9 heteroatoms. The van der Waals surface area contributed by atoms with Crippen LogP contribution in [0, 0.1) is 5.41 Å². The Labute approximate surface area is 162 Å². The summed E-state index contributed by atoms with van der Waals surface area (Å²) >= 11 is 0. The zero-order chi connectivity index (χ0) is 20.5. The highest BCUT2D eigenvalue weighted by atomic mass is 16.1. The average molecular weight is 383 g/mol. The van der Waals surface area contributed by atoms with Crippen LogP contribution in [0.25, 0.3) is 5.65 Å². The van der Waals surface area contributed by atoms with Gasteiger partial charge in [-0.25, -0.2) is 4.98 Å². The van der Waals surface area contributed by atoms with Gasteiger partial charge in [-0.1, -0.05) is 20.8 Å². The number of nitrogens with one attached hydrogen (secondary N) is 3. The molecule has 0 aromatic carbocycles. The highest BCUT2D eigenvalue weighted by Crippen LogP contribution is 2.21. The summed E-state index contributed by atoms with van der Waals surface area (Å²) in [5, 5.41) is 13.3. The van der Waals surface area contributed by atoms with E-state index in [-0.39, 0.29) is 16.9 Å². The molecule has 0 fully saturated rings. The molecule has 148 valence electrons. The molecule has 0 aliphatic heterocycles. The van der Waals surface area contributed by atoms with Gasteiger partial charge in [0.05, 0.1) is 6.20 Å². The smallest absolute Gasteiger partial charge is 0.274 e. The third-order valence-corrected chi connectivity index (χ3v) is 4.14. The van der Waals surface area contributed by atoms with Crippen molar-refractivity contribution in [2.24, 2.45) is 12.5 Å². The average Bonchev–Trinajstić information content (AvgIpc) is 3.06. The minimum absolute atomic E-state index is 0.0394. The van der Waals surface area contributed by atoms with Gasteiger partial charge in [-0.2, -0.15) is 9.61 Å². The number of anilines is 3. The predicted molar refractivity (Wildman–Crippen MR) is 109 cm³/mol. The highest BCUT2D eigenvalue weighted by Gasteiger charge is 2.19. The van der Waals surface area contributed by atoms with Crippen molar-refractivity contribution >= 4 is 28.9 Å². The van der Waals surface area contributed by atoms with Crippen LogP contribution >= 0.6 is 0 Å². The summed E-state index contributed by atoms with van der Waals surface area (Å²) in [4.78, 5) is 29.4. The molecule has 3 heterocycles. The zero-order valence-corrected chi connectivity index (χ0v) is 16.7. The Kier molecular flexibility index (Phi) is 5.08. The van der Waals surface area contributed by atoms with Crippen LogP contribution in [-0.4, -0.2) is 38.7 Å². The molecule has 0 bridgehead atoms. The first kappa shape index (κ1) is 19.4. The van der Waals surface area contributed by atoms with E-state index < -0.39 is 0 Å². The third kappa shape index (κ3) is 3.98. The molecule has 3 aromatic rings. The predicted octanol–water partition coefficient (Wildman–Crippen LogP) is 1.99. The van der Waals surface area contributed by atoms with Gasteiger partial charge in [0.2, 0.25) is 0 Å². The summed E-state index contributed by atoms with van der Waals surface area (Å²) in [7, 11) is 3.43. The van der Waals surface area contributed by atoms with Crippen molar-refractivity contribution in [2.75, 3.05) is 24.2 Å². The molecule has 0 saturated heterocycles. The number of aryl methyl sites for hydroxylation is 1. The van der Waals surface area contributed by atoms with Crippen molar-refractivity contribution in [1.29, 1.82) is 0 Å². The molecule has 0 saturated carbocycles. The first-order valence-corrected chi connectivity index (χ1v) is 8.97. The molecule has 9 nitrogen and oxygen atoms in total. The second-order valence-electron chi connectivity index (χ2n) is 7.78. The lowest BCUT2D eigenvalue weighted by Crippen LogP contribution is -2.32.